The molecule has 0 atom stereocenters. The van der Waals surface area contributed by atoms with Gasteiger partial charge in [0.2, 0.25) is 0 Å². The van der Waals surface area contributed by atoms with Crippen LogP contribution in [0.3, 0.4) is 0 Å². The van der Waals surface area contributed by atoms with Gasteiger partial charge in [0.15, 0.2) is 0 Å². The maximum Gasteiger partial charge on any atom is 0.0543 e. The summed E-state index contributed by atoms with van der Waals surface area (Å²) >= 11 is 6.28. The second-order valence-corrected chi connectivity index (χ2v) is 6.93. The summed E-state index contributed by atoms with van der Waals surface area (Å²) in [6, 6.07) is 10.3. The molecule has 0 saturated heterocycles. The van der Waals surface area contributed by atoms with Gasteiger partial charge in [0.25, 0.3) is 0 Å². The average Bonchev–Trinajstić information content (AvgIpc) is 2.88. The number of aromatic nitrogens is 2. The fourth-order valence-electron chi connectivity index (χ4n) is 3.53. The van der Waals surface area contributed by atoms with Crippen LogP contribution in [0.15, 0.2) is 42.7 Å². The number of hydrogen-bond donors (Lipinski definition) is 0. The Morgan fingerprint density at radius 1 is 1.21 bits per heavy atom. The van der Waals surface area contributed by atoms with Crippen LogP contribution in [0.4, 0.5) is 0 Å². The SMILES string of the molecule is C/C(=C/n1c2c(c3ccc(Cl)cc31)CN(C)CC2)c1ccncc1. The van der Waals surface area contributed by atoms with Crippen molar-refractivity contribution < 1.29 is 0 Å². The summed E-state index contributed by atoms with van der Waals surface area (Å²) in [4.78, 5) is 6.48. The summed E-state index contributed by atoms with van der Waals surface area (Å²) in [5.41, 5.74) is 6.43. The van der Waals surface area contributed by atoms with Crippen molar-refractivity contribution in [2.75, 3.05) is 13.6 Å². The number of rotatable bonds is 2. The lowest BCUT2D eigenvalue weighted by Gasteiger charge is -2.23. The smallest absolute Gasteiger partial charge is 0.0543 e. The van der Waals surface area contributed by atoms with Gasteiger partial charge in [-0.1, -0.05) is 17.7 Å². The van der Waals surface area contributed by atoms with E-state index < -0.39 is 0 Å². The first kappa shape index (κ1) is 15.4. The molecule has 24 heavy (non-hydrogen) atoms. The van der Waals surface area contributed by atoms with E-state index >= 15 is 0 Å². The largest absolute Gasteiger partial charge is 0.320 e. The van der Waals surface area contributed by atoms with Crippen molar-refractivity contribution in [3.8, 4) is 0 Å². The minimum atomic E-state index is 0.780. The van der Waals surface area contributed by atoms with Crippen molar-refractivity contribution in [1.29, 1.82) is 0 Å². The van der Waals surface area contributed by atoms with Gasteiger partial charge in [-0.15, -0.1) is 0 Å². The molecule has 3 aromatic rings. The van der Waals surface area contributed by atoms with Crippen LogP contribution in [0.2, 0.25) is 5.02 Å². The van der Waals surface area contributed by atoms with Crippen LogP contribution in [0.1, 0.15) is 23.7 Å². The molecule has 0 aliphatic carbocycles. The van der Waals surface area contributed by atoms with E-state index in [1.807, 2.05) is 30.6 Å². The molecule has 122 valence electrons. The van der Waals surface area contributed by atoms with Gasteiger partial charge in [-0.3, -0.25) is 4.98 Å². The third-order valence-electron chi connectivity index (χ3n) is 4.80. The summed E-state index contributed by atoms with van der Waals surface area (Å²) in [6.07, 6.45) is 6.96. The first-order chi connectivity index (χ1) is 11.6. The van der Waals surface area contributed by atoms with E-state index in [0.29, 0.717) is 0 Å². The maximum atomic E-state index is 6.28. The van der Waals surface area contributed by atoms with Gasteiger partial charge in [0.05, 0.1) is 5.52 Å². The number of pyridine rings is 1. The number of benzene rings is 1. The Kier molecular flexibility index (Phi) is 3.91. The van der Waals surface area contributed by atoms with Gasteiger partial charge in [-0.05, 0) is 54.9 Å². The molecule has 2 aromatic heterocycles. The lowest BCUT2D eigenvalue weighted by atomic mass is 10.1. The van der Waals surface area contributed by atoms with E-state index in [1.54, 1.807) is 0 Å². The Hall–Kier alpha value is -2.10. The Bertz CT molecular complexity index is 925. The van der Waals surface area contributed by atoms with Crippen LogP contribution < -0.4 is 0 Å². The lowest BCUT2D eigenvalue weighted by molar-refractivity contribution is 0.312. The second-order valence-electron chi connectivity index (χ2n) is 6.49. The normalized spacial score (nSPS) is 15.7. The minimum absolute atomic E-state index is 0.780. The zero-order chi connectivity index (χ0) is 16.7. The number of likely N-dealkylation sites (N-methyl/N-ethyl adjacent to an activating group) is 1. The average molecular weight is 338 g/mol. The van der Waals surface area contributed by atoms with Crippen LogP contribution in [0, 0.1) is 0 Å². The molecule has 0 unspecified atom stereocenters. The van der Waals surface area contributed by atoms with Crippen molar-refractivity contribution >= 4 is 34.3 Å². The highest BCUT2D eigenvalue weighted by Crippen LogP contribution is 2.33. The van der Waals surface area contributed by atoms with E-state index in [1.165, 1.54) is 33.3 Å². The molecule has 0 fully saturated rings. The molecule has 0 amide bonds. The van der Waals surface area contributed by atoms with Crippen molar-refractivity contribution in [3.05, 3.63) is 64.6 Å². The number of hydrogen-bond acceptors (Lipinski definition) is 2. The Morgan fingerprint density at radius 2 is 2.00 bits per heavy atom. The fourth-order valence-corrected chi connectivity index (χ4v) is 3.70. The summed E-state index contributed by atoms with van der Waals surface area (Å²) < 4.78 is 2.33. The minimum Gasteiger partial charge on any atom is -0.320 e. The van der Waals surface area contributed by atoms with E-state index in [9.17, 15) is 0 Å². The molecular formula is C20H20ClN3. The lowest BCUT2D eigenvalue weighted by Crippen LogP contribution is -2.26. The van der Waals surface area contributed by atoms with Gasteiger partial charge in [-0.25, -0.2) is 0 Å². The summed E-state index contributed by atoms with van der Waals surface area (Å²) in [5, 5.41) is 2.08. The standard InChI is InChI=1S/C20H20ClN3/c1-14(15-5-8-22-9-6-15)12-24-19-7-10-23(2)13-18(19)17-4-3-16(21)11-20(17)24/h3-6,8-9,11-12H,7,10,13H2,1-2H3/b14-12-. The second kappa shape index (κ2) is 6.08. The van der Waals surface area contributed by atoms with Crippen LogP contribution in [0.25, 0.3) is 22.7 Å². The van der Waals surface area contributed by atoms with Crippen LogP contribution in [-0.2, 0) is 13.0 Å². The zero-order valence-corrected chi connectivity index (χ0v) is 14.7. The molecule has 1 aliphatic rings. The van der Waals surface area contributed by atoms with E-state index in [-0.39, 0.29) is 0 Å². The number of fused-ring (bicyclic) bond motifs is 3. The molecule has 3 nitrogen and oxygen atoms in total. The topological polar surface area (TPSA) is 21.1 Å². The Balaban J connectivity index is 1.93. The zero-order valence-electron chi connectivity index (χ0n) is 14.0. The van der Waals surface area contributed by atoms with Gasteiger partial charge in [0.1, 0.15) is 0 Å². The maximum absolute atomic E-state index is 6.28. The molecule has 1 aliphatic heterocycles. The van der Waals surface area contributed by atoms with Gasteiger partial charge < -0.3 is 9.47 Å². The molecule has 4 heteroatoms. The van der Waals surface area contributed by atoms with Crippen molar-refractivity contribution in [2.45, 2.75) is 19.9 Å². The molecule has 1 aromatic carbocycles. The van der Waals surface area contributed by atoms with E-state index in [4.69, 9.17) is 11.6 Å². The van der Waals surface area contributed by atoms with Crippen molar-refractivity contribution in [2.24, 2.45) is 0 Å². The quantitative estimate of drug-likeness (QED) is 0.676. The number of nitrogens with zero attached hydrogens (tertiary/aromatic N) is 3. The number of allylic oxidation sites excluding steroid dienone is 1. The van der Waals surface area contributed by atoms with E-state index in [2.05, 4.69) is 46.8 Å². The molecule has 0 spiro atoms. The molecule has 0 bridgehead atoms. The third-order valence-corrected chi connectivity index (χ3v) is 5.04. The Labute approximate surface area is 147 Å². The van der Waals surface area contributed by atoms with Crippen molar-refractivity contribution in [3.63, 3.8) is 0 Å². The highest BCUT2D eigenvalue weighted by atomic mass is 35.5. The molecule has 0 saturated carbocycles. The van der Waals surface area contributed by atoms with Crippen LogP contribution >= 0.6 is 11.6 Å². The fraction of sp³-hybridized carbons (Fsp3) is 0.250. The molecule has 0 radical (unpaired) electrons. The van der Waals surface area contributed by atoms with Crippen LogP contribution in [0.5, 0.6) is 0 Å². The van der Waals surface area contributed by atoms with E-state index in [0.717, 1.165) is 24.5 Å². The highest BCUT2D eigenvalue weighted by Gasteiger charge is 2.21. The summed E-state index contributed by atoms with van der Waals surface area (Å²) in [7, 11) is 2.18. The highest BCUT2D eigenvalue weighted by molar-refractivity contribution is 6.31. The number of halogens is 1. The van der Waals surface area contributed by atoms with Gasteiger partial charge in [0, 0.05) is 54.2 Å². The van der Waals surface area contributed by atoms with Crippen LogP contribution in [-0.4, -0.2) is 28.0 Å². The Morgan fingerprint density at radius 3 is 2.79 bits per heavy atom. The monoisotopic (exact) mass is 337 g/mol. The van der Waals surface area contributed by atoms with Crippen molar-refractivity contribution in [1.82, 2.24) is 14.5 Å². The molecule has 4 rings (SSSR count). The molecule has 3 heterocycles. The predicted molar refractivity (Wildman–Crippen MR) is 101 cm³/mol. The van der Waals surface area contributed by atoms with Gasteiger partial charge in [-0.2, -0.15) is 0 Å². The first-order valence-electron chi connectivity index (χ1n) is 8.22. The summed E-state index contributed by atoms with van der Waals surface area (Å²) in [6.45, 7) is 4.22. The molecule has 0 N–H and O–H groups in total. The predicted octanol–water partition coefficient (Wildman–Crippen LogP) is 4.70. The third kappa shape index (κ3) is 2.64. The van der Waals surface area contributed by atoms with Gasteiger partial charge >= 0.3 is 0 Å². The summed E-state index contributed by atoms with van der Waals surface area (Å²) in [5.74, 6) is 0. The first-order valence-corrected chi connectivity index (χ1v) is 8.60. The molecular weight excluding hydrogens is 318 g/mol.